The summed E-state index contributed by atoms with van der Waals surface area (Å²) in [4.78, 5) is 12.0. The van der Waals surface area contributed by atoms with E-state index in [1.807, 2.05) is 36.7 Å². The van der Waals surface area contributed by atoms with Crippen molar-refractivity contribution in [2.75, 3.05) is 11.9 Å². The van der Waals surface area contributed by atoms with Crippen molar-refractivity contribution >= 4 is 16.9 Å². The fourth-order valence-corrected chi connectivity index (χ4v) is 3.00. The normalized spacial score (nSPS) is 11.0. The van der Waals surface area contributed by atoms with Gasteiger partial charge in [-0.05, 0) is 53.4 Å². The molecule has 1 aromatic carbocycles. The number of aromatic nitrogens is 3. The molecule has 0 aliphatic heterocycles. The summed E-state index contributed by atoms with van der Waals surface area (Å²) in [6.45, 7) is 0.756. The summed E-state index contributed by atoms with van der Waals surface area (Å²) in [5.41, 5.74) is 4.38. The second kappa shape index (κ2) is 7.35. The predicted molar refractivity (Wildman–Crippen MR) is 102 cm³/mol. The summed E-state index contributed by atoms with van der Waals surface area (Å²) >= 11 is 0. The zero-order chi connectivity index (χ0) is 17.8. The summed E-state index contributed by atoms with van der Waals surface area (Å²) in [6, 6.07) is 14.7. The molecule has 4 nitrogen and oxygen atoms in total. The number of anilines is 1. The van der Waals surface area contributed by atoms with Gasteiger partial charge >= 0.3 is 0 Å². The topological polar surface area (TPSA) is 53.6 Å². The van der Waals surface area contributed by atoms with Gasteiger partial charge < -0.3 is 10.3 Å². The number of pyridine rings is 2. The van der Waals surface area contributed by atoms with Gasteiger partial charge in [0.2, 0.25) is 0 Å². The molecule has 3 aromatic heterocycles. The van der Waals surface area contributed by atoms with Gasteiger partial charge in [0.1, 0.15) is 17.3 Å². The number of benzene rings is 1. The van der Waals surface area contributed by atoms with Gasteiger partial charge in [-0.25, -0.2) is 14.4 Å². The lowest BCUT2D eigenvalue weighted by molar-refractivity contribution is 0.627. The number of nitrogens with zero attached hydrogens (tertiary/aromatic N) is 2. The minimum atomic E-state index is -0.204. The Hall–Kier alpha value is -3.21. The summed E-state index contributed by atoms with van der Waals surface area (Å²) in [7, 11) is 0. The minimum absolute atomic E-state index is 0.204. The van der Waals surface area contributed by atoms with Gasteiger partial charge in [-0.1, -0.05) is 18.2 Å². The molecule has 0 spiro atoms. The van der Waals surface area contributed by atoms with Crippen molar-refractivity contribution in [3.8, 4) is 0 Å². The highest BCUT2D eigenvalue weighted by Gasteiger charge is 2.05. The van der Waals surface area contributed by atoms with Crippen LogP contribution in [0.5, 0.6) is 0 Å². The number of hydrogen-bond acceptors (Lipinski definition) is 3. The lowest BCUT2D eigenvalue weighted by atomic mass is 10.1. The van der Waals surface area contributed by atoms with Gasteiger partial charge in [0.15, 0.2) is 0 Å². The van der Waals surface area contributed by atoms with E-state index in [0.717, 1.165) is 47.4 Å². The Balaban J connectivity index is 1.35. The van der Waals surface area contributed by atoms with Crippen LogP contribution in [0.15, 0.2) is 67.1 Å². The molecule has 2 N–H and O–H groups in total. The second-order valence-electron chi connectivity index (χ2n) is 6.25. The van der Waals surface area contributed by atoms with E-state index in [4.69, 9.17) is 0 Å². The van der Waals surface area contributed by atoms with Crippen molar-refractivity contribution in [2.24, 2.45) is 0 Å². The monoisotopic (exact) mass is 346 g/mol. The highest BCUT2D eigenvalue weighted by atomic mass is 19.1. The van der Waals surface area contributed by atoms with E-state index in [1.54, 1.807) is 6.20 Å². The van der Waals surface area contributed by atoms with Crippen LogP contribution in [0.1, 0.15) is 16.7 Å². The molecule has 3 heterocycles. The van der Waals surface area contributed by atoms with Crippen LogP contribution >= 0.6 is 0 Å². The summed E-state index contributed by atoms with van der Waals surface area (Å²) < 4.78 is 12.9. The maximum absolute atomic E-state index is 12.9. The Morgan fingerprint density at radius 3 is 2.62 bits per heavy atom. The first-order valence-corrected chi connectivity index (χ1v) is 8.62. The molecule has 4 aromatic rings. The van der Waals surface area contributed by atoms with Crippen LogP contribution in [-0.4, -0.2) is 21.5 Å². The third-order valence-corrected chi connectivity index (χ3v) is 4.39. The SMILES string of the molecule is Fc1ccc(CCNc2ccc(Cc3c[nH]c4ncccc34)cn2)cc1. The molecule has 0 amide bonds. The number of nitrogens with one attached hydrogen (secondary N) is 2. The standard InChI is InChI=1S/C21H19FN4/c22-18-6-3-15(4-7-18)9-11-23-20-8-5-16(13-25-20)12-17-14-26-21-19(17)2-1-10-24-21/h1-8,10,13-14H,9,11-12H2,(H,23,25)(H,24,26). The maximum Gasteiger partial charge on any atom is 0.137 e. The van der Waals surface area contributed by atoms with E-state index >= 15 is 0 Å². The van der Waals surface area contributed by atoms with Crippen LogP contribution in [0.25, 0.3) is 11.0 Å². The summed E-state index contributed by atoms with van der Waals surface area (Å²) in [5, 5.41) is 4.45. The van der Waals surface area contributed by atoms with Gasteiger partial charge in [-0.15, -0.1) is 0 Å². The second-order valence-corrected chi connectivity index (χ2v) is 6.25. The molecule has 130 valence electrons. The van der Waals surface area contributed by atoms with Gasteiger partial charge in [-0.3, -0.25) is 0 Å². The lowest BCUT2D eigenvalue weighted by Gasteiger charge is -2.07. The molecule has 0 saturated carbocycles. The third-order valence-electron chi connectivity index (χ3n) is 4.39. The molecule has 0 aliphatic rings. The zero-order valence-corrected chi connectivity index (χ0v) is 14.2. The Morgan fingerprint density at radius 2 is 1.81 bits per heavy atom. The molecule has 5 heteroatoms. The maximum atomic E-state index is 12.9. The number of H-pyrrole nitrogens is 1. The lowest BCUT2D eigenvalue weighted by Crippen LogP contribution is -2.06. The van der Waals surface area contributed by atoms with Crippen molar-refractivity contribution in [3.05, 3.63) is 89.6 Å². The molecule has 0 saturated heterocycles. The number of hydrogen-bond donors (Lipinski definition) is 2. The highest BCUT2D eigenvalue weighted by molar-refractivity contribution is 5.79. The van der Waals surface area contributed by atoms with Crippen molar-refractivity contribution in [2.45, 2.75) is 12.8 Å². The molecule has 0 aliphatic carbocycles. The number of halogens is 1. The predicted octanol–water partition coefficient (Wildman–Crippen LogP) is 4.34. The van der Waals surface area contributed by atoms with Gasteiger partial charge in [0.25, 0.3) is 0 Å². The fourth-order valence-electron chi connectivity index (χ4n) is 3.00. The van der Waals surface area contributed by atoms with Crippen LogP contribution in [0.4, 0.5) is 10.2 Å². The van der Waals surface area contributed by atoms with E-state index in [0.29, 0.717) is 0 Å². The van der Waals surface area contributed by atoms with E-state index in [2.05, 4.69) is 32.4 Å². The summed E-state index contributed by atoms with van der Waals surface area (Å²) in [6.07, 6.45) is 7.33. The number of rotatable bonds is 6. The van der Waals surface area contributed by atoms with Gasteiger partial charge in [0.05, 0.1) is 0 Å². The van der Waals surface area contributed by atoms with Crippen LogP contribution in [-0.2, 0) is 12.8 Å². The van der Waals surface area contributed by atoms with Crippen LogP contribution in [0, 0.1) is 5.82 Å². The smallest absolute Gasteiger partial charge is 0.137 e. The van der Waals surface area contributed by atoms with E-state index in [9.17, 15) is 4.39 Å². The molecule has 0 bridgehead atoms. The Labute approximate surface area is 151 Å². The average Bonchev–Trinajstić information content (AvgIpc) is 3.08. The fraction of sp³-hybridized carbons (Fsp3) is 0.143. The number of aromatic amines is 1. The molecular weight excluding hydrogens is 327 g/mol. The molecule has 0 radical (unpaired) electrons. The van der Waals surface area contributed by atoms with Crippen molar-refractivity contribution < 1.29 is 4.39 Å². The Morgan fingerprint density at radius 1 is 0.962 bits per heavy atom. The van der Waals surface area contributed by atoms with Crippen LogP contribution in [0.2, 0.25) is 0 Å². The van der Waals surface area contributed by atoms with Crippen LogP contribution < -0.4 is 5.32 Å². The van der Waals surface area contributed by atoms with Crippen molar-refractivity contribution in [1.82, 2.24) is 15.0 Å². The largest absolute Gasteiger partial charge is 0.370 e. The molecule has 0 fully saturated rings. The number of fused-ring (bicyclic) bond motifs is 1. The summed E-state index contributed by atoms with van der Waals surface area (Å²) in [5.74, 6) is 0.640. The molecule has 4 rings (SSSR count). The zero-order valence-electron chi connectivity index (χ0n) is 14.2. The first-order chi connectivity index (χ1) is 12.8. The Bertz CT molecular complexity index is 991. The van der Waals surface area contributed by atoms with Gasteiger partial charge in [-0.2, -0.15) is 0 Å². The first-order valence-electron chi connectivity index (χ1n) is 8.62. The molecule has 26 heavy (non-hydrogen) atoms. The van der Waals surface area contributed by atoms with Crippen molar-refractivity contribution in [1.29, 1.82) is 0 Å². The van der Waals surface area contributed by atoms with Crippen LogP contribution in [0.3, 0.4) is 0 Å². The molecule has 0 atom stereocenters. The van der Waals surface area contributed by atoms with E-state index < -0.39 is 0 Å². The van der Waals surface area contributed by atoms with Gasteiger partial charge in [0, 0.05) is 36.9 Å². The quantitative estimate of drug-likeness (QED) is 0.546. The van der Waals surface area contributed by atoms with Crippen molar-refractivity contribution in [3.63, 3.8) is 0 Å². The van der Waals surface area contributed by atoms with E-state index in [-0.39, 0.29) is 5.82 Å². The molecule has 0 unspecified atom stereocenters. The third kappa shape index (κ3) is 3.72. The average molecular weight is 346 g/mol. The van der Waals surface area contributed by atoms with E-state index in [1.165, 1.54) is 17.7 Å². The first kappa shape index (κ1) is 16.3. The molecular formula is C21H19FN4. The minimum Gasteiger partial charge on any atom is -0.370 e. The Kier molecular flexibility index (Phi) is 4.60. The highest BCUT2D eigenvalue weighted by Crippen LogP contribution is 2.19.